The molecule has 0 amide bonds. The zero-order chi connectivity index (χ0) is 17.4. The molecule has 124 valence electrons. The van der Waals surface area contributed by atoms with Crippen LogP contribution in [0.1, 0.15) is 11.3 Å². The Morgan fingerprint density at radius 2 is 2.00 bits per heavy atom. The van der Waals surface area contributed by atoms with E-state index in [4.69, 9.17) is 4.74 Å². The molecule has 3 aromatic heterocycles. The quantitative estimate of drug-likeness (QED) is 0.535. The lowest BCUT2D eigenvalue weighted by Gasteiger charge is -2.11. The standard InChI is InChI=1S/C18H13FN4OS/c1-10-8-22-23-11(2)16(10)13-4-3-12(7-14(13)19)24-18-17-15(5-6-20-18)21-9-25-17/h3-9H,1-2H3. The zero-order valence-electron chi connectivity index (χ0n) is 13.5. The number of rotatable bonds is 3. The summed E-state index contributed by atoms with van der Waals surface area (Å²) >= 11 is 1.43. The molecule has 0 aliphatic heterocycles. The number of aromatic nitrogens is 4. The van der Waals surface area contributed by atoms with Gasteiger partial charge in [-0.05, 0) is 37.6 Å². The van der Waals surface area contributed by atoms with E-state index in [2.05, 4.69) is 20.2 Å². The largest absolute Gasteiger partial charge is 0.437 e. The van der Waals surface area contributed by atoms with Crippen LogP contribution in [0.25, 0.3) is 21.3 Å². The van der Waals surface area contributed by atoms with E-state index in [1.807, 2.05) is 19.9 Å². The van der Waals surface area contributed by atoms with Gasteiger partial charge in [-0.15, -0.1) is 11.3 Å². The third kappa shape index (κ3) is 2.83. The van der Waals surface area contributed by atoms with Gasteiger partial charge in [0.05, 0.1) is 22.9 Å². The Bertz CT molecular complexity index is 1060. The lowest BCUT2D eigenvalue weighted by atomic mass is 10.00. The summed E-state index contributed by atoms with van der Waals surface area (Å²) in [6.07, 6.45) is 3.25. The van der Waals surface area contributed by atoms with Crippen LogP contribution in [0, 0.1) is 19.7 Å². The van der Waals surface area contributed by atoms with Gasteiger partial charge >= 0.3 is 0 Å². The molecule has 0 saturated carbocycles. The molecule has 1 aromatic carbocycles. The Kier molecular flexibility index (Phi) is 3.85. The van der Waals surface area contributed by atoms with Gasteiger partial charge in [-0.2, -0.15) is 10.2 Å². The SMILES string of the molecule is Cc1cnnc(C)c1-c1ccc(Oc2nccc3ncsc23)cc1F. The van der Waals surface area contributed by atoms with Crippen molar-refractivity contribution in [2.75, 3.05) is 0 Å². The van der Waals surface area contributed by atoms with Crippen LogP contribution in [0.5, 0.6) is 11.6 Å². The lowest BCUT2D eigenvalue weighted by Crippen LogP contribution is -1.97. The predicted molar refractivity (Wildman–Crippen MR) is 94.4 cm³/mol. The summed E-state index contributed by atoms with van der Waals surface area (Å²) in [5.41, 5.74) is 5.31. The second-order valence-electron chi connectivity index (χ2n) is 5.55. The number of hydrogen-bond donors (Lipinski definition) is 0. The lowest BCUT2D eigenvalue weighted by molar-refractivity contribution is 0.465. The molecule has 0 aliphatic rings. The minimum atomic E-state index is -0.381. The third-order valence-electron chi connectivity index (χ3n) is 3.85. The minimum Gasteiger partial charge on any atom is -0.437 e. The maximum Gasteiger partial charge on any atom is 0.238 e. The number of pyridine rings is 1. The molecule has 4 rings (SSSR count). The van der Waals surface area contributed by atoms with Gasteiger partial charge in [-0.3, -0.25) is 0 Å². The Morgan fingerprint density at radius 3 is 2.80 bits per heavy atom. The van der Waals surface area contributed by atoms with Gasteiger partial charge in [0.25, 0.3) is 0 Å². The van der Waals surface area contributed by atoms with E-state index >= 15 is 0 Å². The minimum absolute atomic E-state index is 0.381. The van der Waals surface area contributed by atoms with Crippen LogP contribution in [-0.4, -0.2) is 20.2 Å². The van der Waals surface area contributed by atoms with E-state index in [1.165, 1.54) is 17.4 Å². The van der Waals surface area contributed by atoms with E-state index in [-0.39, 0.29) is 5.82 Å². The number of ether oxygens (including phenoxy) is 1. The Hall–Kier alpha value is -2.93. The van der Waals surface area contributed by atoms with Crippen molar-refractivity contribution in [2.24, 2.45) is 0 Å². The van der Waals surface area contributed by atoms with Gasteiger partial charge < -0.3 is 4.74 Å². The number of fused-ring (bicyclic) bond motifs is 1. The van der Waals surface area contributed by atoms with Crippen LogP contribution < -0.4 is 4.74 Å². The van der Waals surface area contributed by atoms with Crippen LogP contribution in [0.3, 0.4) is 0 Å². The number of halogens is 1. The highest BCUT2D eigenvalue weighted by Crippen LogP contribution is 2.33. The van der Waals surface area contributed by atoms with Crippen molar-refractivity contribution in [3.63, 3.8) is 0 Å². The average Bonchev–Trinajstić information content (AvgIpc) is 3.06. The fraction of sp³-hybridized carbons (Fsp3) is 0.111. The number of thiazole rings is 1. The maximum atomic E-state index is 14.7. The summed E-state index contributed by atoms with van der Waals surface area (Å²) in [6.45, 7) is 3.70. The van der Waals surface area contributed by atoms with Crippen LogP contribution in [0.4, 0.5) is 4.39 Å². The molecule has 25 heavy (non-hydrogen) atoms. The van der Waals surface area contributed by atoms with E-state index in [0.29, 0.717) is 22.9 Å². The second kappa shape index (κ2) is 6.18. The van der Waals surface area contributed by atoms with Gasteiger partial charge in [-0.1, -0.05) is 0 Å². The summed E-state index contributed by atoms with van der Waals surface area (Å²) in [4.78, 5) is 8.44. The molecular formula is C18H13FN4OS. The molecule has 7 heteroatoms. The van der Waals surface area contributed by atoms with Crippen molar-refractivity contribution in [1.82, 2.24) is 20.2 Å². The van der Waals surface area contributed by atoms with Crippen molar-refractivity contribution < 1.29 is 9.13 Å². The van der Waals surface area contributed by atoms with E-state index < -0.39 is 0 Å². The summed E-state index contributed by atoms with van der Waals surface area (Å²) in [5.74, 6) is 0.422. The van der Waals surface area contributed by atoms with E-state index in [1.54, 1.807) is 30.0 Å². The van der Waals surface area contributed by atoms with E-state index in [0.717, 1.165) is 21.3 Å². The Labute approximate surface area is 147 Å². The van der Waals surface area contributed by atoms with Gasteiger partial charge in [0, 0.05) is 23.4 Å². The molecule has 0 fully saturated rings. The molecule has 4 aromatic rings. The van der Waals surface area contributed by atoms with Crippen molar-refractivity contribution in [2.45, 2.75) is 13.8 Å². The van der Waals surface area contributed by atoms with Gasteiger partial charge in [0.15, 0.2) is 0 Å². The number of aryl methyl sites for hydroxylation is 2. The van der Waals surface area contributed by atoms with Gasteiger partial charge in [-0.25, -0.2) is 14.4 Å². The highest BCUT2D eigenvalue weighted by Gasteiger charge is 2.14. The molecule has 5 nitrogen and oxygen atoms in total. The normalized spacial score (nSPS) is 11.0. The van der Waals surface area contributed by atoms with E-state index in [9.17, 15) is 4.39 Å². The molecule has 0 aliphatic carbocycles. The first-order valence-corrected chi connectivity index (χ1v) is 8.46. The van der Waals surface area contributed by atoms with Crippen molar-refractivity contribution in [1.29, 1.82) is 0 Å². The predicted octanol–water partition coefficient (Wildman–Crippen LogP) is 4.70. The molecule has 3 heterocycles. The fourth-order valence-electron chi connectivity index (χ4n) is 2.72. The summed E-state index contributed by atoms with van der Waals surface area (Å²) < 4.78 is 21.3. The van der Waals surface area contributed by atoms with Crippen molar-refractivity contribution in [3.8, 4) is 22.8 Å². The monoisotopic (exact) mass is 352 g/mol. The molecule has 0 bridgehead atoms. The first kappa shape index (κ1) is 15.6. The van der Waals surface area contributed by atoms with Crippen molar-refractivity contribution in [3.05, 3.63) is 59.2 Å². The Balaban J connectivity index is 1.72. The van der Waals surface area contributed by atoms with Gasteiger partial charge in [0.1, 0.15) is 16.3 Å². The van der Waals surface area contributed by atoms with Crippen LogP contribution >= 0.6 is 11.3 Å². The molecule has 0 N–H and O–H groups in total. The smallest absolute Gasteiger partial charge is 0.238 e. The van der Waals surface area contributed by atoms with Crippen LogP contribution in [-0.2, 0) is 0 Å². The number of hydrogen-bond acceptors (Lipinski definition) is 6. The maximum absolute atomic E-state index is 14.7. The van der Waals surface area contributed by atoms with Crippen LogP contribution in [0.15, 0.2) is 42.2 Å². The molecule has 0 unspecified atom stereocenters. The van der Waals surface area contributed by atoms with Crippen LogP contribution in [0.2, 0.25) is 0 Å². The third-order valence-corrected chi connectivity index (χ3v) is 4.68. The molecule has 0 spiro atoms. The molecular weight excluding hydrogens is 339 g/mol. The fourth-order valence-corrected chi connectivity index (χ4v) is 3.43. The molecule has 0 atom stereocenters. The summed E-state index contributed by atoms with van der Waals surface area (Å²) in [6, 6.07) is 6.58. The van der Waals surface area contributed by atoms with Gasteiger partial charge in [0.2, 0.25) is 5.88 Å². The number of benzene rings is 1. The number of nitrogens with zero attached hydrogens (tertiary/aromatic N) is 4. The zero-order valence-corrected chi connectivity index (χ0v) is 14.3. The van der Waals surface area contributed by atoms with Crippen molar-refractivity contribution >= 4 is 21.6 Å². The summed E-state index contributed by atoms with van der Waals surface area (Å²) in [5, 5.41) is 7.90. The average molecular weight is 352 g/mol. The first-order valence-electron chi connectivity index (χ1n) is 7.58. The summed E-state index contributed by atoms with van der Waals surface area (Å²) in [7, 11) is 0. The highest BCUT2D eigenvalue weighted by molar-refractivity contribution is 7.17. The molecule has 0 saturated heterocycles. The Morgan fingerprint density at radius 1 is 1.12 bits per heavy atom. The second-order valence-corrected chi connectivity index (χ2v) is 6.40. The first-order chi connectivity index (χ1) is 12.1. The molecule has 0 radical (unpaired) electrons. The highest BCUT2D eigenvalue weighted by atomic mass is 32.1. The topological polar surface area (TPSA) is 60.8 Å².